The summed E-state index contributed by atoms with van der Waals surface area (Å²) in [6.07, 6.45) is 0.327. The molecule has 1 N–H and O–H groups in total. The Morgan fingerprint density at radius 3 is 2.14 bits per heavy atom. The summed E-state index contributed by atoms with van der Waals surface area (Å²) in [4.78, 5) is 29.2. The monoisotopic (exact) mass is 609 g/mol. The van der Waals surface area contributed by atoms with Crippen LogP contribution in [-0.2, 0) is 26.2 Å². The number of carbonyl (C=O) groups excluding carboxylic acids is 2. The standard InChI is InChI=1S/C33H43N3O6S/c1-8-30(32(38)34-33(4,5)6)35(22-25-11-10-12-28(21-25)41-7)31(37)23-36(26-15-13-24(3)14-16-26)43(39,40)29-19-17-27(18-20-29)42-9-2/h10-21,30H,8-9,22-23H2,1-7H3,(H,34,38)/t30-/m1/s1. The van der Waals surface area contributed by atoms with Gasteiger partial charge in [0.15, 0.2) is 0 Å². The lowest BCUT2D eigenvalue weighted by atomic mass is 10.1. The van der Waals surface area contributed by atoms with Crippen LogP contribution in [0, 0.1) is 6.92 Å². The second kappa shape index (κ2) is 14.4. The van der Waals surface area contributed by atoms with Gasteiger partial charge in [-0.05, 0) is 95.1 Å². The number of hydrogen-bond donors (Lipinski definition) is 1. The molecule has 10 heteroatoms. The molecule has 0 fully saturated rings. The molecule has 3 aromatic carbocycles. The van der Waals surface area contributed by atoms with Gasteiger partial charge in [0.1, 0.15) is 24.1 Å². The van der Waals surface area contributed by atoms with Gasteiger partial charge in [-0.1, -0.05) is 36.8 Å². The minimum atomic E-state index is -4.18. The fourth-order valence-electron chi connectivity index (χ4n) is 4.58. The quantitative estimate of drug-likeness (QED) is 0.281. The Kier molecular flexibility index (Phi) is 11.2. The Morgan fingerprint density at radius 1 is 0.930 bits per heavy atom. The van der Waals surface area contributed by atoms with E-state index in [9.17, 15) is 18.0 Å². The first-order chi connectivity index (χ1) is 20.3. The first-order valence-electron chi connectivity index (χ1n) is 14.4. The number of rotatable bonds is 13. The van der Waals surface area contributed by atoms with E-state index < -0.39 is 34.1 Å². The number of ether oxygens (including phenoxy) is 2. The predicted molar refractivity (Wildman–Crippen MR) is 169 cm³/mol. The minimum absolute atomic E-state index is 0.0150. The smallest absolute Gasteiger partial charge is 0.264 e. The van der Waals surface area contributed by atoms with E-state index in [2.05, 4.69) is 5.32 Å². The fraction of sp³-hybridized carbons (Fsp3) is 0.394. The summed E-state index contributed by atoms with van der Waals surface area (Å²) in [6.45, 7) is 11.2. The highest BCUT2D eigenvalue weighted by Gasteiger charge is 2.34. The molecule has 0 heterocycles. The summed E-state index contributed by atoms with van der Waals surface area (Å²) in [5.41, 5.74) is 1.49. The molecule has 0 radical (unpaired) electrons. The van der Waals surface area contributed by atoms with Crippen LogP contribution < -0.4 is 19.1 Å². The van der Waals surface area contributed by atoms with Crippen LogP contribution in [0.4, 0.5) is 5.69 Å². The topological polar surface area (TPSA) is 105 Å². The summed E-state index contributed by atoms with van der Waals surface area (Å²) in [5.74, 6) is 0.312. The number of nitrogens with one attached hydrogen (secondary N) is 1. The van der Waals surface area contributed by atoms with E-state index in [0.717, 1.165) is 15.4 Å². The fourth-order valence-corrected chi connectivity index (χ4v) is 6.00. The van der Waals surface area contributed by atoms with Crippen LogP contribution in [0.25, 0.3) is 0 Å². The normalized spacial score (nSPS) is 12.3. The van der Waals surface area contributed by atoms with Crippen LogP contribution in [0.15, 0.2) is 77.7 Å². The molecule has 0 aliphatic heterocycles. The van der Waals surface area contributed by atoms with Crippen LogP contribution in [0.5, 0.6) is 11.5 Å². The van der Waals surface area contributed by atoms with Gasteiger partial charge in [-0.2, -0.15) is 0 Å². The molecule has 0 aliphatic carbocycles. The van der Waals surface area contributed by atoms with Crippen molar-refractivity contribution < 1.29 is 27.5 Å². The molecular weight excluding hydrogens is 566 g/mol. The van der Waals surface area contributed by atoms with Crippen molar-refractivity contribution in [2.75, 3.05) is 24.6 Å². The van der Waals surface area contributed by atoms with Gasteiger partial charge in [-0.15, -0.1) is 0 Å². The molecule has 1 atom stereocenters. The second-order valence-corrected chi connectivity index (χ2v) is 13.2. The average molecular weight is 610 g/mol. The first-order valence-corrected chi connectivity index (χ1v) is 15.8. The maximum absolute atomic E-state index is 14.2. The van der Waals surface area contributed by atoms with Crippen molar-refractivity contribution in [1.82, 2.24) is 10.2 Å². The molecule has 0 bridgehead atoms. The van der Waals surface area contributed by atoms with Crippen LogP contribution in [-0.4, -0.2) is 57.0 Å². The Balaban J connectivity index is 2.07. The summed E-state index contributed by atoms with van der Waals surface area (Å²) in [6, 6.07) is 19.4. The van der Waals surface area contributed by atoms with Gasteiger partial charge in [0.25, 0.3) is 10.0 Å². The van der Waals surface area contributed by atoms with E-state index in [-0.39, 0.29) is 17.3 Å². The molecule has 232 valence electrons. The van der Waals surface area contributed by atoms with Gasteiger partial charge in [-0.3, -0.25) is 13.9 Å². The van der Waals surface area contributed by atoms with Crippen molar-refractivity contribution in [3.05, 3.63) is 83.9 Å². The number of sulfonamides is 1. The lowest BCUT2D eigenvalue weighted by molar-refractivity contribution is -0.141. The Labute approximate surface area is 255 Å². The number of amides is 2. The average Bonchev–Trinajstić information content (AvgIpc) is 2.96. The van der Waals surface area contributed by atoms with Crippen molar-refractivity contribution in [3.8, 4) is 11.5 Å². The number of hydrogen-bond acceptors (Lipinski definition) is 6. The van der Waals surface area contributed by atoms with Crippen molar-refractivity contribution in [3.63, 3.8) is 0 Å². The largest absolute Gasteiger partial charge is 0.497 e. The molecule has 0 aliphatic rings. The van der Waals surface area contributed by atoms with E-state index in [0.29, 0.717) is 30.2 Å². The highest BCUT2D eigenvalue weighted by atomic mass is 32.2. The Bertz CT molecular complexity index is 1480. The molecule has 3 rings (SSSR count). The Morgan fingerprint density at radius 2 is 1.58 bits per heavy atom. The third kappa shape index (κ3) is 8.97. The lowest BCUT2D eigenvalue weighted by Gasteiger charge is -2.34. The number of anilines is 1. The zero-order valence-corrected chi connectivity index (χ0v) is 26.9. The van der Waals surface area contributed by atoms with Gasteiger partial charge in [-0.25, -0.2) is 8.42 Å². The van der Waals surface area contributed by atoms with E-state index in [1.165, 1.54) is 17.0 Å². The number of nitrogens with zero attached hydrogens (tertiary/aromatic N) is 2. The SMILES string of the molecule is CCOc1ccc(S(=O)(=O)N(CC(=O)N(Cc2cccc(OC)c2)[C@H](CC)C(=O)NC(C)(C)C)c2ccc(C)cc2)cc1. The molecule has 2 amide bonds. The molecule has 0 saturated heterocycles. The summed E-state index contributed by atoms with van der Waals surface area (Å²) >= 11 is 0. The Hall–Kier alpha value is -4.05. The molecule has 43 heavy (non-hydrogen) atoms. The number of methoxy groups -OCH3 is 1. The minimum Gasteiger partial charge on any atom is -0.497 e. The molecular formula is C33H43N3O6S. The maximum Gasteiger partial charge on any atom is 0.264 e. The van der Waals surface area contributed by atoms with E-state index in [1.807, 2.05) is 53.7 Å². The van der Waals surface area contributed by atoms with Crippen LogP contribution in [0.3, 0.4) is 0 Å². The van der Waals surface area contributed by atoms with Gasteiger partial charge >= 0.3 is 0 Å². The second-order valence-electron chi connectivity index (χ2n) is 11.3. The van der Waals surface area contributed by atoms with Gasteiger partial charge in [0.05, 0.1) is 24.3 Å². The lowest BCUT2D eigenvalue weighted by Crippen LogP contribution is -2.55. The van der Waals surface area contributed by atoms with Crippen molar-refractivity contribution in [1.29, 1.82) is 0 Å². The zero-order chi connectivity index (χ0) is 31.8. The third-order valence-corrected chi connectivity index (χ3v) is 8.48. The van der Waals surface area contributed by atoms with Crippen molar-refractivity contribution >= 4 is 27.5 Å². The summed E-state index contributed by atoms with van der Waals surface area (Å²) in [5, 5.41) is 2.98. The number of aryl methyl sites for hydroxylation is 1. The number of benzene rings is 3. The zero-order valence-electron chi connectivity index (χ0n) is 26.1. The van der Waals surface area contributed by atoms with Crippen LogP contribution >= 0.6 is 0 Å². The summed E-state index contributed by atoms with van der Waals surface area (Å²) in [7, 11) is -2.63. The van der Waals surface area contributed by atoms with E-state index in [4.69, 9.17) is 9.47 Å². The molecule has 0 spiro atoms. The third-order valence-electron chi connectivity index (χ3n) is 6.69. The highest BCUT2D eigenvalue weighted by molar-refractivity contribution is 7.92. The molecule has 0 saturated carbocycles. The molecule has 0 aromatic heterocycles. The van der Waals surface area contributed by atoms with E-state index >= 15 is 0 Å². The number of carbonyl (C=O) groups is 2. The van der Waals surface area contributed by atoms with Crippen molar-refractivity contribution in [2.45, 2.75) is 71.0 Å². The maximum atomic E-state index is 14.2. The summed E-state index contributed by atoms with van der Waals surface area (Å²) < 4.78 is 40.1. The van der Waals surface area contributed by atoms with Gasteiger partial charge in [0, 0.05) is 12.1 Å². The highest BCUT2D eigenvalue weighted by Crippen LogP contribution is 2.27. The van der Waals surface area contributed by atoms with Crippen molar-refractivity contribution in [2.24, 2.45) is 0 Å². The molecule has 3 aromatic rings. The van der Waals surface area contributed by atoms with Crippen LogP contribution in [0.1, 0.15) is 52.2 Å². The predicted octanol–water partition coefficient (Wildman–Crippen LogP) is 5.32. The molecule has 0 unspecified atom stereocenters. The first kappa shape index (κ1) is 33.5. The van der Waals surface area contributed by atoms with E-state index in [1.54, 1.807) is 55.6 Å². The van der Waals surface area contributed by atoms with Gasteiger partial charge in [0.2, 0.25) is 11.8 Å². The van der Waals surface area contributed by atoms with Crippen LogP contribution in [0.2, 0.25) is 0 Å². The van der Waals surface area contributed by atoms with Gasteiger partial charge < -0.3 is 19.7 Å². The molecule has 9 nitrogen and oxygen atoms in total.